The van der Waals surface area contributed by atoms with E-state index in [2.05, 4.69) is 10.1 Å². The van der Waals surface area contributed by atoms with Crippen molar-refractivity contribution in [3.8, 4) is 0 Å². The smallest absolute Gasteiger partial charge is 0.257 e. The summed E-state index contributed by atoms with van der Waals surface area (Å²) >= 11 is 0. The summed E-state index contributed by atoms with van der Waals surface area (Å²) in [6.07, 6.45) is 0.570. The summed E-state index contributed by atoms with van der Waals surface area (Å²) < 4.78 is 15.3. The highest BCUT2D eigenvalue weighted by Gasteiger charge is 2.31. The van der Waals surface area contributed by atoms with Crippen LogP contribution in [0.25, 0.3) is 0 Å². The summed E-state index contributed by atoms with van der Waals surface area (Å²) in [5.41, 5.74) is 5.81. The van der Waals surface area contributed by atoms with Crippen LogP contribution >= 0.6 is 0 Å². The molecule has 1 saturated heterocycles. The van der Waals surface area contributed by atoms with Gasteiger partial charge in [-0.25, -0.2) is 0 Å². The summed E-state index contributed by atoms with van der Waals surface area (Å²) in [4.78, 5) is 4.12. The Labute approximate surface area is 81.4 Å². The average Bonchev–Trinajstić information content (AvgIpc) is 2.74. The Morgan fingerprint density at radius 2 is 2.50 bits per heavy atom. The molecule has 6 heteroatoms. The van der Waals surface area contributed by atoms with Gasteiger partial charge in [0.2, 0.25) is 0 Å². The second-order valence-electron chi connectivity index (χ2n) is 3.23. The molecule has 0 aromatic carbocycles. The Morgan fingerprint density at radius 3 is 3.14 bits per heavy atom. The van der Waals surface area contributed by atoms with Crippen LogP contribution in [0.4, 0.5) is 0 Å². The molecular formula is C8H13N3O3. The Hall–Kier alpha value is -0.980. The first-order valence-electron chi connectivity index (χ1n) is 4.50. The number of hydrogen-bond donors (Lipinski definition) is 1. The van der Waals surface area contributed by atoms with Crippen molar-refractivity contribution in [2.24, 2.45) is 5.73 Å². The maximum absolute atomic E-state index is 5.81. The van der Waals surface area contributed by atoms with E-state index in [1.54, 1.807) is 7.11 Å². The molecule has 0 saturated carbocycles. The fourth-order valence-electron chi connectivity index (χ4n) is 1.43. The predicted molar refractivity (Wildman–Crippen MR) is 46.3 cm³/mol. The third-order valence-corrected chi connectivity index (χ3v) is 2.14. The Morgan fingerprint density at radius 1 is 1.64 bits per heavy atom. The highest BCUT2D eigenvalue weighted by Crippen LogP contribution is 2.26. The highest BCUT2D eigenvalue weighted by molar-refractivity contribution is 4.96. The zero-order valence-corrected chi connectivity index (χ0v) is 7.97. The zero-order valence-electron chi connectivity index (χ0n) is 7.97. The molecule has 0 aliphatic carbocycles. The van der Waals surface area contributed by atoms with E-state index < -0.39 is 0 Å². The predicted octanol–water partition coefficient (Wildman–Crippen LogP) is 0.00470. The van der Waals surface area contributed by atoms with Crippen molar-refractivity contribution in [1.82, 2.24) is 10.1 Å². The van der Waals surface area contributed by atoms with Crippen LogP contribution in [0, 0.1) is 0 Å². The van der Waals surface area contributed by atoms with Gasteiger partial charge in [0.1, 0.15) is 6.61 Å². The second kappa shape index (κ2) is 4.04. The van der Waals surface area contributed by atoms with Crippen LogP contribution in [0.5, 0.6) is 0 Å². The van der Waals surface area contributed by atoms with Crippen LogP contribution in [0.15, 0.2) is 4.52 Å². The topological polar surface area (TPSA) is 83.4 Å². The van der Waals surface area contributed by atoms with E-state index >= 15 is 0 Å². The van der Waals surface area contributed by atoms with Crippen molar-refractivity contribution in [2.75, 3.05) is 13.7 Å². The fraction of sp³-hybridized carbons (Fsp3) is 0.750. The van der Waals surface area contributed by atoms with Gasteiger partial charge in [-0.1, -0.05) is 5.16 Å². The molecule has 1 fully saturated rings. The molecule has 2 rings (SSSR count). The van der Waals surface area contributed by atoms with E-state index in [1.807, 2.05) is 0 Å². The molecule has 0 spiro atoms. The van der Waals surface area contributed by atoms with Crippen LogP contribution in [0.3, 0.4) is 0 Å². The lowest BCUT2D eigenvalue weighted by molar-refractivity contribution is 0.0766. The zero-order chi connectivity index (χ0) is 9.97. The van der Waals surface area contributed by atoms with Gasteiger partial charge < -0.3 is 19.7 Å². The molecule has 0 amide bonds. The maximum atomic E-state index is 5.81. The first kappa shape index (κ1) is 9.57. The fourth-order valence-corrected chi connectivity index (χ4v) is 1.43. The number of ether oxygens (including phenoxy) is 2. The molecule has 1 aromatic heterocycles. The van der Waals surface area contributed by atoms with E-state index in [-0.39, 0.29) is 12.1 Å². The van der Waals surface area contributed by atoms with E-state index in [0.29, 0.717) is 24.9 Å². The summed E-state index contributed by atoms with van der Waals surface area (Å²) in [5.74, 6) is 0.965. The molecular weight excluding hydrogens is 186 g/mol. The Bertz CT molecular complexity index is 302. The number of nitrogens with two attached hydrogens (primary N) is 1. The van der Waals surface area contributed by atoms with Gasteiger partial charge in [-0.15, -0.1) is 0 Å². The summed E-state index contributed by atoms with van der Waals surface area (Å²) in [7, 11) is 1.58. The molecule has 78 valence electrons. The molecule has 2 N–H and O–H groups in total. The molecule has 1 aromatic rings. The van der Waals surface area contributed by atoms with Gasteiger partial charge in [0.15, 0.2) is 11.9 Å². The van der Waals surface area contributed by atoms with Gasteiger partial charge in [-0.3, -0.25) is 0 Å². The Balaban J connectivity index is 2.08. The van der Waals surface area contributed by atoms with E-state index in [4.69, 9.17) is 19.7 Å². The largest absolute Gasteiger partial charge is 0.377 e. The number of nitrogens with zero attached hydrogens (tertiary/aromatic N) is 2. The maximum Gasteiger partial charge on any atom is 0.257 e. The number of hydrogen-bond acceptors (Lipinski definition) is 6. The molecule has 2 atom stereocenters. The lowest BCUT2D eigenvalue weighted by Crippen LogP contribution is -2.23. The number of aromatic nitrogens is 2. The van der Waals surface area contributed by atoms with Gasteiger partial charge >= 0.3 is 0 Å². The third kappa shape index (κ3) is 1.77. The summed E-state index contributed by atoms with van der Waals surface area (Å²) in [5, 5.41) is 3.74. The minimum atomic E-state index is -0.256. The van der Waals surface area contributed by atoms with Crippen LogP contribution in [0.1, 0.15) is 24.2 Å². The molecule has 6 nitrogen and oxygen atoms in total. The van der Waals surface area contributed by atoms with Crippen molar-refractivity contribution in [2.45, 2.75) is 25.2 Å². The summed E-state index contributed by atoms with van der Waals surface area (Å²) in [6.45, 7) is 0.985. The Kier molecular flexibility index (Phi) is 2.76. The lowest BCUT2D eigenvalue weighted by Gasteiger charge is -2.07. The monoisotopic (exact) mass is 199 g/mol. The third-order valence-electron chi connectivity index (χ3n) is 2.14. The minimum Gasteiger partial charge on any atom is -0.377 e. The normalized spacial score (nSPS) is 27.0. The standard InChI is InChI=1S/C8H13N3O3/c1-12-4-6-10-8(14-11-6)7-5(9)2-3-13-7/h5,7H,2-4,9H2,1H3/t5-,7-/m1/s1. The van der Waals surface area contributed by atoms with Gasteiger partial charge in [-0.05, 0) is 6.42 Å². The first-order valence-corrected chi connectivity index (χ1v) is 4.50. The van der Waals surface area contributed by atoms with Crippen LogP contribution < -0.4 is 5.73 Å². The lowest BCUT2D eigenvalue weighted by atomic mass is 10.1. The highest BCUT2D eigenvalue weighted by atomic mass is 16.5. The number of methoxy groups -OCH3 is 1. The van der Waals surface area contributed by atoms with Crippen molar-refractivity contribution < 1.29 is 14.0 Å². The van der Waals surface area contributed by atoms with Gasteiger partial charge in [-0.2, -0.15) is 4.98 Å². The van der Waals surface area contributed by atoms with E-state index in [0.717, 1.165) is 6.42 Å². The number of rotatable bonds is 3. The van der Waals surface area contributed by atoms with Gasteiger partial charge in [0.05, 0.1) is 0 Å². The molecule has 1 aliphatic rings. The van der Waals surface area contributed by atoms with E-state index in [9.17, 15) is 0 Å². The molecule has 0 radical (unpaired) electrons. The molecule has 14 heavy (non-hydrogen) atoms. The SMILES string of the molecule is COCc1noc([C@@H]2OCC[C@H]2N)n1. The van der Waals surface area contributed by atoms with Gasteiger partial charge in [0.25, 0.3) is 5.89 Å². The van der Waals surface area contributed by atoms with Crippen LogP contribution in [-0.4, -0.2) is 29.9 Å². The van der Waals surface area contributed by atoms with Crippen LogP contribution in [-0.2, 0) is 16.1 Å². The average molecular weight is 199 g/mol. The minimum absolute atomic E-state index is 0.0501. The molecule has 1 aliphatic heterocycles. The first-order chi connectivity index (χ1) is 6.81. The van der Waals surface area contributed by atoms with Crippen molar-refractivity contribution in [3.05, 3.63) is 11.7 Å². The molecule has 0 unspecified atom stereocenters. The molecule has 0 bridgehead atoms. The van der Waals surface area contributed by atoms with Gasteiger partial charge in [0, 0.05) is 19.8 Å². The van der Waals surface area contributed by atoms with Crippen molar-refractivity contribution >= 4 is 0 Å². The second-order valence-corrected chi connectivity index (χ2v) is 3.23. The van der Waals surface area contributed by atoms with Crippen molar-refractivity contribution in [3.63, 3.8) is 0 Å². The van der Waals surface area contributed by atoms with Crippen molar-refractivity contribution in [1.29, 1.82) is 0 Å². The molecule has 2 heterocycles. The van der Waals surface area contributed by atoms with E-state index in [1.165, 1.54) is 0 Å². The summed E-state index contributed by atoms with van der Waals surface area (Å²) in [6, 6.07) is -0.0501. The quantitative estimate of drug-likeness (QED) is 0.738. The van der Waals surface area contributed by atoms with Crippen LogP contribution in [0.2, 0.25) is 0 Å².